The van der Waals surface area contributed by atoms with Crippen LogP contribution in [-0.2, 0) is 4.79 Å². The van der Waals surface area contributed by atoms with E-state index in [2.05, 4.69) is 18.8 Å². The lowest BCUT2D eigenvalue weighted by molar-refractivity contribution is -0.118. The maximum absolute atomic E-state index is 11.5. The van der Waals surface area contributed by atoms with Gasteiger partial charge in [-0.15, -0.1) is 11.6 Å². The van der Waals surface area contributed by atoms with Crippen molar-refractivity contribution >= 4 is 17.5 Å². The summed E-state index contributed by atoms with van der Waals surface area (Å²) in [5.41, 5.74) is 0.567. The Bertz CT molecular complexity index is 241. The van der Waals surface area contributed by atoms with Gasteiger partial charge >= 0.3 is 0 Å². The quantitative estimate of drug-likeness (QED) is 0.337. The smallest absolute Gasteiger partial charge is 0.246 e. The van der Waals surface area contributed by atoms with Crippen LogP contribution in [0, 0.1) is 0 Å². The summed E-state index contributed by atoms with van der Waals surface area (Å²) in [5, 5.41) is 3.00. The van der Waals surface area contributed by atoms with Gasteiger partial charge in [-0.1, -0.05) is 52.0 Å². The number of alkyl halides is 1. The highest BCUT2D eigenvalue weighted by atomic mass is 35.5. The molecule has 0 saturated heterocycles. The topological polar surface area (TPSA) is 29.1 Å². The lowest BCUT2D eigenvalue weighted by Gasteiger charge is -2.17. The van der Waals surface area contributed by atoms with Crippen LogP contribution in [-0.4, -0.2) is 17.8 Å². The van der Waals surface area contributed by atoms with Gasteiger partial charge in [0.15, 0.2) is 0 Å². The van der Waals surface area contributed by atoms with Gasteiger partial charge in [0, 0.05) is 17.5 Å². The molecule has 18 heavy (non-hydrogen) atoms. The minimum atomic E-state index is -0.0453. The number of rotatable bonds is 11. The highest BCUT2D eigenvalue weighted by Gasteiger charge is 2.11. The molecule has 0 aromatic carbocycles. The Morgan fingerprint density at radius 1 is 1.17 bits per heavy atom. The van der Waals surface area contributed by atoms with Gasteiger partial charge in [0.2, 0.25) is 5.91 Å². The first-order chi connectivity index (χ1) is 8.61. The van der Waals surface area contributed by atoms with E-state index in [4.69, 9.17) is 11.6 Å². The van der Waals surface area contributed by atoms with Crippen molar-refractivity contribution in [2.24, 2.45) is 0 Å². The van der Waals surface area contributed by atoms with Gasteiger partial charge in [0.05, 0.1) is 0 Å². The fourth-order valence-electron chi connectivity index (χ4n) is 1.90. The fourth-order valence-corrected chi connectivity index (χ4v) is 2.16. The number of hydrogen-bond donors (Lipinski definition) is 1. The molecule has 0 heterocycles. The summed E-state index contributed by atoms with van der Waals surface area (Å²) in [4.78, 5) is 11.5. The van der Waals surface area contributed by atoms with Crippen LogP contribution in [0.4, 0.5) is 0 Å². The van der Waals surface area contributed by atoms with Crippen molar-refractivity contribution in [2.75, 3.05) is 5.88 Å². The SMILES string of the molecule is C=C(C)C(=O)NC(CCCl)CCCCCCCC. The number of amides is 1. The Hall–Kier alpha value is -0.500. The first-order valence-corrected chi connectivity index (χ1v) is 7.67. The van der Waals surface area contributed by atoms with Crippen LogP contribution in [0.3, 0.4) is 0 Å². The first-order valence-electron chi connectivity index (χ1n) is 7.14. The Labute approximate surface area is 117 Å². The van der Waals surface area contributed by atoms with E-state index in [1.165, 1.54) is 38.5 Å². The third-order valence-electron chi connectivity index (χ3n) is 3.09. The van der Waals surface area contributed by atoms with Crippen molar-refractivity contribution in [3.63, 3.8) is 0 Å². The molecule has 0 radical (unpaired) electrons. The Morgan fingerprint density at radius 3 is 2.33 bits per heavy atom. The van der Waals surface area contributed by atoms with Crippen molar-refractivity contribution in [2.45, 2.75) is 71.3 Å². The van der Waals surface area contributed by atoms with E-state index < -0.39 is 0 Å². The number of nitrogens with one attached hydrogen (secondary N) is 1. The second-order valence-electron chi connectivity index (χ2n) is 4.98. The summed E-state index contributed by atoms with van der Waals surface area (Å²) in [7, 11) is 0. The van der Waals surface area contributed by atoms with Crippen LogP contribution in [0.2, 0.25) is 0 Å². The van der Waals surface area contributed by atoms with E-state index in [0.717, 1.165) is 12.8 Å². The molecular weight excluding hydrogens is 246 g/mol. The molecule has 1 unspecified atom stereocenters. The molecule has 0 saturated carbocycles. The van der Waals surface area contributed by atoms with E-state index in [-0.39, 0.29) is 11.9 Å². The zero-order valence-electron chi connectivity index (χ0n) is 11.9. The maximum atomic E-state index is 11.5. The lowest BCUT2D eigenvalue weighted by Crippen LogP contribution is -2.35. The van der Waals surface area contributed by atoms with Crippen molar-refractivity contribution in [1.29, 1.82) is 0 Å². The van der Waals surface area contributed by atoms with Crippen molar-refractivity contribution in [3.8, 4) is 0 Å². The molecule has 0 aliphatic heterocycles. The normalized spacial score (nSPS) is 12.2. The van der Waals surface area contributed by atoms with E-state index in [1.807, 2.05) is 0 Å². The van der Waals surface area contributed by atoms with Gasteiger partial charge in [-0.05, 0) is 19.8 Å². The average Bonchev–Trinajstić information content (AvgIpc) is 2.33. The molecule has 2 nitrogen and oxygen atoms in total. The summed E-state index contributed by atoms with van der Waals surface area (Å²) in [6, 6.07) is 0.206. The summed E-state index contributed by atoms with van der Waals surface area (Å²) in [6.07, 6.45) is 9.53. The fraction of sp³-hybridized carbons (Fsp3) is 0.800. The molecule has 0 rings (SSSR count). The molecule has 0 fully saturated rings. The van der Waals surface area contributed by atoms with Gasteiger partial charge in [0.25, 0.3) is 0 Å². The van der Waals surface area contributed by atoms with Gasteiger partial charge in [0.1, 0.15) is 0 Å². The van der Waals surface area contributed by atoms with Gasteiger partial charge < -0.3 is 5.32 Å². The predicted octanol–water partition coefficient (Wildman–Crippen LogP) is 4.43. The third kappa shape index (κ3) is 9.52. The molecule has 1 N–H and O–H groups in total. The number of carbonyl (C=O) groups is 1. The molecule has 1 amide bonds. The second kappa shape index (κ2) is 11.6. The maximum Gasteiger partial charge on any atom is 0.246 e. The third-order valence-corrected chi connectivity index (χ3v) is 3.30. The first kappa shape index (κ1) is 17.5. The Kier molecular flexibility index (Phi) is 11.3. The van der Waals surface area contributed by atoms with E-state index in [1.54, 1.807) is 6.92 Å². The molecule has 0 aliphatic rings. The average molecular weight is 274 g/mol. The minimum absolute atomic E-state index is 0.0453. The van der Waals surface area contributed by atoms with Crippen molar-refractivity contribution in [1.82, 2.24) is 5.32 Å². The van der Waals surface area contributed by atoms with Crippen LogP contribution >= 0.6 is 11.6 Å². The Balaban J connectivity index is 3.76. The molecule has 0 aromatic heterocycles. The van der Waals surface area contributed by atoms with Crippen molar-refractivity contribution < 1.29 is 4.79 Å². The number of unbranched alkanes of at least 4 members (excludes halogenated alkanes) is 5. The number of hydrogen-bond acceptors (Lipinski definition) is 1. The van der Waals surface area contributed by atoms with Crippen molar-refractivity contribution in [3.05, 3.63) is 12.2 Å². The zero-order chi connectivity index (χ0) is 13.8. The summed E-state index contributed by atoms with van der Waals surface area (Å²) < 4.78 is 0. The summed E-state index contributed by atoms with van der Waals surface area (Å²) >= 11 is 5.77. The lowest BCUT2D eigenvalue weighted by atomic mass is 10.0. The number of halogens is 1. The van der Waals surface area contributed by atoms with Crippen LogP contribution in [0.15, 0.2) is 12.2 Å². The van der Waals surface area contributed by atoms with E-state index in [0.29, 0.717) is 11.5 Å². The molecule has 3 heteroatoms. The highest BCUT2D eigenvalue weighted by molar-refractivity contribution is 6.17. The van der Waals surface area contributed by atoms with Gasteiger partial charge in [-0.3, -0.25) is 4.79 Å². The molecule has 1 atom stereocenters. The van der Waals surface area contributed by atoms with E-state index in [9.17, 15) is 4.79 Å². The predicted molar refractivity (Wildman–Crippen MR) is 80.1 cm³/mol. The Morgan fingerprint density at radius 2 is 1.78 bits per heavy atom. The minimum Gasteiger partial charge on any atom is -0.350 e. The summed E-state index contributed by atoms with van der Waals surface area (Å²) in [5.74, 6) is 0.549. The van der Waals surface area contributed by atoms with E-state index >= 15 is 0 Å². The van der Waals surface area contributed by atoms with Crippen LogP contribution in [0.5, 0.6) is 0 Å². The second-order valence-corrected chi connectivity index (χ2v) is 5.36. The summed E-state index contributed by atoms with van der Waals surface area (Å²) in [6.45, 7) is 7.61. The van der Waals surface area contributed by atoms with Crippen LogP contribution in [0.1, 0.15) is 65.2 Å². The van der Waals surface area contributed by atoms with Crippen LogP contribution < -0.4 is 5.32 Å². The molecule has 0 aliphatic carbocycles. The molecule has 106 valence electrons. The van der Waals surface area contributed by atoms with Crippen LogP contribution in [0.25, 0.3) is 0 Å². The largest absolute Gasteiger partial charge is 0.350 e. The standard InChI is InChI=1S/C15H28ClNO/c1-4-5-6-7-8-9-10-14(11-12-16)17-15(18)13(2)3/h14H,2,4-12H2,1,3H3,(H,17,18). The molecule has 0 spiro atoms. The molecular formula is C15H28ClNO. The highest BCUT2D eigenvalue weighted by Crippen LogP contribution is 2.11. The molecule has 0 bridgehead atoms. The van der Waals surface area contributed by atoms with Gasteiger partial charge in [-0.25, -0.2) is 0 Å². The number of carbonyl (C=O) groups excluding carboxylic acids is 1. The molecule has 0 aromatic rings. The zero-order valence-corrected chi connectivity index (χ0v) is 12.7. The monoisotopic (exact) mass is 273 g/mol. The van der Waals surface area contributed by atoms with Gasteiger partial charge in [-0.2, -0.15) is 0 Å².